The second-order valence-electron chi connectivity index (χ2n) is 3.93. The van der Waals surface area contributed by atoms with E-state index in [-0.39, 0.29) is 5.54 Å². The van der Waals surface area contributed by atoms with Crippen LogP contribution in [0.15, 0.2) is 0 Å². The highest BCUT2D eigenvalue weighted by Gasteiger charge is 2.27. The Labute approximate surface area is 80.8 Å². The first kappa shape index (κ1) is 10.6. The molecular weight excluding hydrogens is 162 g/mol. The fourth-order valence-corrected chi connectivity index (χ4v) is 1.81. The summed E-state index contributed by atoms with van der Waals surface area (Å²) in [4.78, 5) is 0. The summed E-state index contributed by atoms with van der Waals surface area (Å²) < 4.78 is 5.45. The van der Waals surface area contributed by atoms with Crippen molar-refractivity contribution in [3.63, 3.8) is 0 Å². The van der Waals surface area contributed by atoms with E-state index < -0.39 is 0 Å². The molecular formula is C11H19NO. The second-order valence-corrected chi connectivity index (χ2v) is 3.93. The van der Waals surface area contributed by atoms with Gasteiger partial charge >= 0.3 is 0 Å². The van der Waals surface area contributed by atoms with E-state index >= 15 is 0 Å². The normalized spacial score (nSPS) is 20.9. The lowest BCUT2D eigenvalue weighted by molar-refractivity contribution is 0.0715. The third-order valence-electron chi connectivity index (χ3n) is 2.63. The molecule has 2 N–H and O–H groups in total. The molecule has 2 nitrogen and oxygen atoms in total. The summed E-state index contributed by atoms with van der Waals surface area (Å²) in [7, 11) is 0. The van der Waals surface area contributed by atoms with Gasteiger partial charge in [0.25, 0.3) is 0 Å². The minimum Gasteiger partial charge on any atom is -0.379 e. The highest BCUT2D eigenvalue weighted by Crippen LogP contribution is 2.25. The van der Waals surface area contributed by atoms with Crippen LogP contribution in [0.5, 0.6) is 0 Å². The molecule has 0 amide bonds. The van der Waals surface area contributed by atoms with Crippen LogP contribution in [0.2, 0.25) is 0 Å². The molecule has 0 radical (unpaired) electrons. The van der Waals surface area contributed by atoms with E-state index in [4.69, 9.17) is 16.9 Å². The average Bonchev–Trinajstić information content (AvgIpc) is 2.14. The van der Waals surface area contributed by atoms with Crippen molar-refractivity contribution in [3.05, 3.63) is 0 Å². The molecule has 1 saturated carbocycles. The van der Waals surface area contributed by atoms with Crippen molar-refractivity contribution in [3.8, 4) is 12.3 Å². The number of hydrogen-bond donors (Lipinski definition) is 1. The first-order valence-corrected chi connectivity index (χ1v) is 5.07. The summed E-state index contributed by atoms with van der Waals surface area (Å²) in [6.45, 7) is 1.32. The van der Waals surface area contributed by atoms with Gasteiger partial charge in [0.15, 0.2) is 0 Å². The van der Waals surface area contributed by atoms with Gasteiger partial charge in [0.05, 0.1) is 13.2 Å². The van der Waals surface area contributed by atoms with Crippen molar-refractivity contribution in [1.29, 1.82) is 0 Å². The fourth-order valence-electron chi connectivity index (χ4n) is 1.81. The quantitative estimate of drug-likeness (QED) is 0.529. The summed E-state index contributed by atoms with van der Waals surface area (Å²) in [5, 5.41) is 0. The maximum Gasteiger partial charge on any atom is 0.0646 e. The number of rotatable bonds is 4. The van der Waals surface area contributed by atoms with E-state index in [1.807, 2.05) is 0 Å². The lowest BCUT2D eigenvalue weighted by Gasteiger charge is -2.32. The van der Waals surface area contributed by atoms with Gasteiger partial charge in [-0.15, -0.1) is 12.3 Å². The zero-order chi connectivity index (χ0) is 9.57. The molecule has 1 aliphatic rings. The van der Waals surface area contributed by atoms with Crippen molar-refractivity contribution in [2.24, 2.45) is 5.73 Å². The molecule has 0 aromatic rings. The summed E-state index contributed by atoms with van der Waals surface area (Å²) >= 11 is 0. The maximum atomic E-state index is 6.16. The third-order valence-corrected chi connectivity index (χ3v) is 2.63. The second kappa shape index (κ2) is 5.26. The predicted octanol–water partition coefficient (Wildman–Crippen LogP) is 1.69. The van der Waals surface area contributed by atoms with E-state index in [0.717, 1.165) is 12.8 Å². The van der Waals surface area contributed by atoms with E-state index in [0.29, 0.717) is 19.6 Å². The molecule has 0 spiro atoms. The molecule has 0 aromatic carbocycles. The Morgan fingerprint density at radius 3 is 2.62 bits per heavy atom. The minimum atomic E-state index is -0.0627. The van der Waals surface area contributed by atoms with Crippen molar-refractivity contribution in [2.75, 3.05) is 13.2 Å². The van der Waals surface area contributed by atoms with Gasteiger partial charge in [-0.1, -0.05) is 19.3 Å². The monoisotopic (exact) mass is 181 g/mol. The number of terminal acetylenes is 1. The Balaban J connectivity index is 2.14. The fraction of sp³-hybridized carbons (Fsp3) is 0.818. The van der Waals surface area contributed by atoms with E-state index in [1.54, 1.807) is 0 Å². The third kappa shape index (κ3) is 3.80. The summed E-state index contributed by atoms with van der Waals surface area (Å²) in [6, 6.07) is 0. The van der Waals surface area contributed by atoms with Gasteiger partial charge < -0.3 is 10.5 Å². The molecule has 0 atom stereocenters. The molecule has 2 heteroatoms. The molecule has 0 unspecified atom stereocenters. The van der Waals surface area contributed by atoms with Crippen LogP contribution < -0.4 is 5.73 Å². The summed E-state index contributed by atoms with van der Waals surface area (Å²) in [6.07, 6.45) is 11.8. The predicted molar refractivity (Wildman–Crippen MR) is 54.3 cm³/mol. The Morgan fingerprint density at radius 2 is 2.00 bits per heavy atom. The molecule has 1 aliphatic carbocycles. The summed E-state index contributed by atoms with van der Waals surface area (Å²) in [5.41, 5.74) is 6.10. The Bertz CT molecular complexity index is 177. The zero-order valence-electron chi connectivity index (χ0n) is 8.22. The lowest BCUT2D eigenvalue weighted by Crippen LogP contribution is -2.46. The largest absolute Gasteiger partial charge is 0.379 e. The summed E-state index contributed by atoms with van der Waals surface area (Å²) in [5.74, 6) is 2.55. The minimum absolute atomic E-state index is 0.0627. The topological polar surface area (TPSA) is 35.2 Å². The highest BCUT2D eigenvalue weighted by molar-refractivity contribution is 4.87. The Kier molecular flexibility index (Phi) is 4.27. The molecule has 0 saturated heterocycles. The van der Waals surface area contributed by atoms with Gasteiger partial charge in [-0.25, -0.2) is 0 Å². The van der Waals surface area contributed by atoms with Crippen molar-refractivity contribution in [2.45, 2.75) is 44.1 Å². The van der Waals surface area contributed by atoms with Gasteiger partial charge in [0.1, 0.15) is 0 Å². The van der Waals surface area contributed by atoms with Crippen LogP contribution in [0.1, 0.15) is 38.5 Å². The van der Waals surface area contributed by atoms with Crippen LogP contribution in [0.25, 0.3) is 0 Å². The molecule has 0 bridgehead atoms. The van der Waals surface area contributed by atoms with Gasteiger partial charge in [0, 0.05) is 12.0 Å². The molecule has 74 valence electrons. The van der Waals surface area contributed by atoms with Crippen LogP contribution >= 0.6 is 0 Å². The molecule has 1 rings (SSSR count). The molecule has 13 heavy (non-hydrogen) atoms. The molecule has 0 aromatic heterocycles. The van der Waals surface area contributed by atoms with Crippen LogP contribution in [-0.4, -0.2) is 18.8 Å². The smallest absolute Gasteiger partial charge is 0.0646 e. The average molecular weight is 181 g/mol. The molecule has 0 heterocycles. The number of hydrogen-bond acceptors (Lipinski definition) is 2. The SMILES string of the molecule is C#CCCOCC1(N)CCCCC1. The van der Waals surface area contributed by atoms with Gasteiger partial charge in [-0.05, 0) is 12.8 Å². The standard InChI is InChI=1S/C11H19NO/c1-2-3-9-13-10-11(12)7-5-4-6-8-11/h1H,3-10,12H2. The van der Waals surface area contributed by atoms with Crippen LogP contribution in [0, 0.1) is 12.3 Å². The molecule has 1 fully saturated rings. The van der Waals surface area contributed by atoms with Crippen molar-refractivity contribution >= 4 is 0 Å². The zero-order valence-corrected chi connectivity index (χ0v) is 8.22. The number of ether oxygens (including phenoxy) is 1. The Morgan fingerprint density at radius 1 is 1.31 bits per heavy atom. The lowest BCUT2D eigenvalue weighted by atomic mass is 9.83. The highest BCUT2D eigenvalue weighted by atomic mass is 16.5. The van der Waals surface area contributed by atoms with Crippen LogP contribution in [0.4, 0.5) is 0 Å². The van der Waals surface area contributed by atoms with Crippen molar-refractivity contribution < 1.29 is 4.74 Å². The Hall–Kier alpha value is -0.520. The number of nitrogens with two attached hydrogens (primary N) is 1. The van der Waals surface area contributed by atoms with Gasteiger partial charge in [-0.3, -0.25) is 0 Å². The molecule has 0 aliphatic heterocycles. The first-order valence-electron chi connectivity index (χ1n) is 5.07. The van der Waals surface area contributed by atoms with Crippen LogP contribution in [-0.2, 0) is 4.74 Å². The van der Waals surface area contributed by atoms with E-state index in [2.05, 4.69) is 5.92 Å². The maximum absolute atomic E-state index is 6.16. The van der Waals surface area contributed by atoms with Gasteiger partial charge in [0.2, 0.25) is 0 Å². The van der Waals surface area contributed by atoms with Gasteiger partial charge in [-0.2, -0.15) is 0 Å². The van der Waals surface area contributed by atoms with E-state index in [9.17, 15) is 0 Å². The first-order chi connectivity index (χ1) is 6.27. The van der Waals surface area contributed by atoms with E-state index in [1.165, 1.54) is 19.3 Å². The van der Waals surface area contributed by atoms with Crippen LogP contribution in [0.3, 0.4) is 0 Å². The van der Waals surface area contributed by atoms with Crippen molar-refractivity contribution in [1.82, 2.24) is 0 Å².